The molecule has 1 heterocycles. The Labute approximate surface area is 134 Å². The first-order valence-electron chi connectivity index (χ1n) is 7.15. The van der Waals surface area contributed by atoms with E-state index in [0.717, 1.165) is 46.2 Å². The van der Waals surface area contributed by atoms with Gasteiger partial charge in [-0.15, -0.1) is 0 Å². The van der Waals surface area contributed by atoms with Gasteiger partial charge >= 0.3 is 0 Å². The Hall–Kier alpha value is -1.33. The van der Waals surface area contributed by atoms with E-state index in [2.05, 4.69) is 39.2 Å². The summed E-state index contributed by atoms with van der Waals surface area (Å²) < 4.78 is 12.4. The maximum absolute atomic E-state index is 5.77. The number of hydrogen-bond donors (Lipinski definition) is 1. The van der Waals surface area contributed by atoms with E-state index in [1.807, 2.05) is 26.0 Å². The Kier molecular flexibility index (Phi) is 5.82. The first kappa shape index (κ1) is 16.0. The number of nitrogens with zero attached hydrogens (tertiary/aromatic N) is 1. The summed E-state index contributed by atoms with van der Waals surface area (Å²) in [6, 6.07) is 6.07. The summed E-state index contributed by atoms with van der Waals surface area (Å²) >= 11 is 3.50. The highest BCUT2D eigenvalue weighted by atomic mass is 79.9. The number of rotatable bonds is 7. The number of aromatic nitrogens is 1. The molecule has 0 bridgehead atoms. The Balaban J connectivity index is 1.96. The van der Waals surface area contributed by atoms with E-state index >= 15 is 0 Å². The van der Waals surface area contributed by atoms with Crippen LogP contribution in [0.25, 0.3) is 0 Å². The lowest BCUT2D eigenvalue weighted by Crippen LogP contribution is -2.14. The number of oxazole rings is 1. The quantitative estimate of drug-likeness (QED) is 0.813. The standard InChI is InChI=1S/C16H21BrN2O2/c1-4-7-20-15-6-5-14(17)8-13(15)9-18-10-16-19-11(2)12(3)21-16/h5-6,8,18H,4,7,9-10H2,1-3H3. The molecule has 0 amide bonds. The van der Waals surface area contributed by atoms with E-state index in [1.54, 1.807) is 0 Å². The molecule has 0 aliphatic rings. The molecule has 0 saturated carbocycles. The molecule has 114 valence electrons. The van der Waals surface area contributed by atoms with Crippen LogP contribution in [0.15, 0.2) is 27.1 Å². The second-order valence-electron chi connectivity index (χ2n) is 4.95. The predicted molar refractivity (Wildman–Crippen MR) is 86.4 cm³/mol. The Morgan fingerprint density at radius 2 is 2.10 bits per heavy atom. The van der Waals surface area contributed by atoms with Crippen molar-refractivity contribution in [2.24, 2.45) is 0 Å². The van der Waals surface area contributed by atoms with Crippen molar-refractivity contribution in [2.45, 2.75) is 40.3 Å². The highest BCUT2D eigenvalue weighted by Crippen LogP contribution is 2.23. The lowest BCUT2D eigenvalue weighted by Gasteiger charge is -2.11. The molecule has 1 aromatic heterocycles. The summed E-state index contributed by atoms with van der Waals surface area (Å²) in [4.78, 5) is 4.36. The minimum Gasteiger partial charge on any atom is -0.493 e. The second-order valence-corrected chi connectivity index (χ2v) is 5.87. The molecule has 0 unspecified atom stereocenters. The third-order valence-corrected chi connectivity index (χ3v) is 3.64. The highest BCUT2D eigenvalue weighted by Gasteiger charge is 2.07. The number of aryl methyl sites for hydroxylation is 2. The lowest BCUT2D eigenvalue weighted by atomic mass is 10.2. The first-order valence-corrected chi connectivity index (χ1v) is 7.94. The van der Waals surface area contributed by atoms with Gasteiger partial charge in [0, 0.05) is 16.6 Å². The molecule has 1 aromatic carbocycles. The summed E-state index contributed by atoms with van der Waals surface area (Å²) in [6.07, 6.45) is 0.998. The monoisotopic (exact) mass is 352 g/mol. The van der Waals surface area contributed by atoms with Crippen molar-refractivity contribution in [1.29, 1.82) is 0 Å². The smallest absolute Gasteiger partial charge is 0.208 e. The van der Waals surface area contributed by atoms with Crippen LogP contribution < -0.4 is 10.1 Å². The molecule has 2 aromatic rings. The van der Waals surface area contributed by atoms with Gasteiger partial charge in [0.2, 0.25) is 5.89 Å². The van der Waals surface area contributed by atoms with Gasteiger partial charge < -0.3 is 14.5 Å². The molecule has 0 atom stereocenters. The first-order chi connectivity index (χ1) is 10.1. The van der Waals surface area contributed by atoms with E-state index < -0.39 is 0 Å². The fourth-order valence-corrected chi connectivity index (χ4v) is 2.37. The van der Waals surface area contributed by atoms with Gasteiger partial charge in [-0.25, -0.2) is 4.98 Å². The topological polar surface area (TPSA) is 47.3 Å². The summed E-state index contributed by atoms with van der Waals surface area (Å²) in [5.74, 6) is 2.52. The molecule has 5 heteroatoms. The van der Waals surface area contributed by atoms with Crippen molar-refractivity contribution in [3.05, 3.63) is 45.6 Å². The van der Waals surface area contributed by atoms with Crippen molar-refractivity contribution in [3.63, 3.8) is 0 Å². The number of benzene rings is 1. The minimum atomic E-state index is 0.606. The van der Waals surface area contributed by atoms with Crippen LogP contribution in [0.5, 0.6) is 5.75 Å². The molecular formula is C16H21BrN2O2. The van der Waals surface area contributed by atoms with Crippen molar-refractivity contribution in [3.8, 4) is 5.75 Å². The van der Waals surface area contributed by atoms with Crippen LogP contribution in [0.4, 0.5) is 0 Å². The average molecular weight is 353 g/mol. The van der Waals surface area contributed by atoms with Crippen LogP contribution in [-0.2, 0) is 13.1 Å². The maximum Gasteiger partial charge on any atom is 0.208 e. The molecule has 4 nitrogen and oxygen atoms in total. The average Bonchev–Trinajstić information content (AvgIpc) is 2.77. The lowest BCUT2D eigenvalue weighted by molar-refractivity contribution is 0.313. The van der Waals surface area contributed by atoms with Crippen molar-refractivity contribution in [2.75, 3.05) is 6.61 Å². The zero-order valence-electron chi connectivity index (χ0n) is 12.7. The molecule has 0 aliphatic carbocycles. The third kappa shape index (κ3) is 4.58. The zero-order chi connectivity index (χ0) is 15.2. The summed E-state index contributed by atoms with van der Waals surface area (Å²) in [5.41, 5.74) is 2.07. The summed E-state index contributed by atoms with van der Waals surface area (Å²) in [5, 5.41) is 3.35. The van der Waals surface area contributed by atoms with E-state index in [1.165, 1.54) is 0 Å². The Bertz CT molecular complexity index is 576. The fraction of sp³-hybridized carbons (Fsp3) is 0.438. The van der Waals surface area contributed by atoms with Gasteiger partial charge in [0.15, 0.2) is 0 Å². The van der Waals surface area contributed by atoms with Crippen molar-refractivity contribution in [1.82, 2.24) is 10.3 Å². The van der Waals surface area contributed by atoms with Crippen LogP contribution in [0.2, 0.25) is 0 Å². The van der Waals surface area contributed by atoms with Gasteiger partial charge in [0.05, 0.1) is 18.8 Å². The summed E-state index contributed by atoms with van der Waals surface area (Å²) in [6.45, 7) is 8.02. The highest BCUT2D eigenvalue weighted by molar-refractivity contribution is 9.10. The van der Waals surface area contributed by atoms with Crippen LogP contribution in [0.3, 0.4) is 0 Å². The van der Waals surface area contributed by atoms with Crippen molar-refractivity contribution < 1.29 is 9.15 Å². The predicted octanol–water partition coefficient (Wildman–Crippen LogP) is 4.13. The molecule has 0 radical (unpaired) electrons. The number of hydrogen-bond acceptors (Lipinski definition) is 4. The molecule has 2 rings (SSSR count). The zero-order valence-corrected chi connectivity index (χ0v) is 14.3. The van der Waals surface area contributed by atoms with Crippen LogP contribution in [0, 0.1) is 13.8 Å². The normalized spacial score (nSPS) is 10.9. The number of halogens is 1. The second kappa shape index (κ2) is 7.61. The van der Waals surface area contributed by atoms with Gasteiger partial charge in [-0.2, -0.15) is 0 Å². The van der Waals surface area contributed by atoms with Crippen LogP contribution >= 0.6 is 15.9 Å². The molecule has 0 saturated heterocycles. The molecule has 21 heavy (non-hydrogen) atoms. The van der Waals surface area contributed by atoms with Crippen LogP contribution in [-0.4, -0.2) is 11.6 Å². The van der Waals surface area contributed by atoms with E-state index in [0.29, 0.717) is 13.1 Å². The van der Waals surface area contributed by atoms with Gasteiger partial charge in [0.25, 0.3) is 0 Å². The van der Waals surface area contributed by atoms with Gasteiger partial charge in [-0.1, -0.05) is 22.9 Å². The molecule has 0 spiro atoms. The largest absolute Gasteiger partial charge is 0.493 e. The van der Waals surface area contributed by atoms with E-state index in [4.69, 9.17) is 9.15 Å². The van der Waals surface area contributed by atoms with Gasteiger partial charge in [-0.05, 0) is 38.5 Å². The maximum atomic E-state index is 5.77. The van der Waals surface area contributed by atoms with Gasteiger partial charge in [0.1, 0.15) is 11.5 Å². The van der Waals surface area contributed by atoms with Gasteiger partial charge in [-0.3, -0.25) is 0 Å². The van der Waals surface area contributed by atoms with Crippen molar-refractivity contribution >= 4 is 15.9 Å². The number of ether oxygens (including phenoxy) is 1. The van der Waals surface area contributed by atoms with Crippen LogP contribution in [0.1, 0.15) is 36.3 Å². The SMILES string of the molecule is CCCOc1ccc(Br)cc1CNCc1nc(C)c(C)o1. The fourth-order valence-electron chi connectivity index (χ4n) is 1.96. The Morgan fingerprint density at radius 1 is 1.29 bits per heavy atom. The Morgan fingerprint density at radius 3 is 2.76 bits per heavy atom. The molecular weight excluding hydrogens is 332 g/mol. The van der Waals surface area contributed by atoms with E-state index in [-0.39, 0.29) is 0 Å². The minimum absolute atomic E-state index is 0.606. The van der Waals surface area contributed by atoms with E-state index in [9.17, 15) is 0 Å². The summed E-state index contributed by atoms with van der Waals surface area (Å²) in [7, 11) is 0. The third-order valence-electron chi connectivity index (χ3n) is 3.15. The molecule has 1 N–H and O–H groups in total. The molecule has 0 aliphatic heterocycles. The number of nitrogens with one attached hydrogen (secondary N) is 1. The molecule has 0 fully saturated rings.